The lowest BCUT2D eigenvalue weighted by Crippen LogP contribution is -2.14. The van der Waals surface area contributed by atoms with Crippen LogP contribution in [0, 0.1) is 6.92 Å². The van der Waals surface area contributed by atoms with E-state index in [0.717, 1.165) is 22.0 Å². The van der Waals surface area contributed by atoms with Crippen LogP contribution in [0.3, 0.4) is 0 Å². The van der Waals surface area contributed by atoms with Crippen molar-refractivity contribution in [1.82, 2.24) is 9.97 Å². The summed E-state index contributed by atoms with van der Waals surface area (Å²) in [5, 5.41) is 3.60. The van der Waals surface area contributed by atoms with Crippen LogP contribution in [0.1, 0.15) is 5.69 Å². The minimum absolute atomic E-state index is 0.129. The molecule has 0 unspecified atom stereocenters. The molecule has 1 aliphatic rings. The molecule has 2 aromatic carbocycles. The van der Waals surface area contributed by atoms with Gasteiger partial charge in [0.25, 0.3) is 0 Å². The quantitative estimate of drug-likeness (QED) is 0.488. The van der Waals surface area contributed by atoms with Crippen molar-refractivity contribution in [2.24, 2.45) is 0 Å². The van der Waals surface area contributed by atoms with E-state index >= 15 is 0 Å². The Bertz CT molecular complexity index is 1040. The number of nitrogens with zero attached hydrogens (tertiary/aromatic N) is 2. The molecule has 0 saturated carbocycles. The van der Waals surface area contributed by atoms with Gasteiger partial charge in [-0.25, -0.2) is 9.97 Å². The summed E-state index contributed by atoms with van der Waals surface area (Å²) in [6.45, 7) is 2.11. The first-order valence-electron chi connectivity index (χ1n) is 8.93. The molecule has 0 fully saturated rings. The molecule has 1 amide bonds. The number of hydrogen-bond acceptors (Lipinski definition) is 7. The smallest absolute Gasteiger partial charge is 0.234 e. The molecule has 148 valence electrons. The maximum Gasteiger partial charge on any atom is 0.234 e. The van der Waals surface area contributed by atoms with E-state index < -0.39 is 0 Å². The summed E-state index contributed by atoms with van der Waals surface area (Å²) in [4.78, 5) is 21.4. The van der Waals surface area contributed by atoms with Gasteiger partial charge in [0.05, 0.1) is 12.9 Å². The van der Waals surface area contributed by atoms with E-state index in [1.165, 1.54) is 11.8 Å². The van der Waals surface area contributed by atoms with Gasteiger partial charge in [-0.3, -0.25) is 4.79 Å². The van der Waals surface area contributed by atoms with E-state index in [1.54, 1.807) is 25.3 Å². The highest BCUT2D eigenvalue weighted by Gasteiger charge is 2.14. The highest BCUT2D eigenvalue weighted by molar-refractivity contribution is 7.99. The molecule has 0 spiro atoms. The number of anilines is 1. The van der Waals surface area contributed by atoms with E-state index in [0.29, 0.717) is 23.0 Å². The molecule has 0 aliphatic carbocycles. The molecule has 0 saturated heterocycles. The number of carbonyl (C=O) groups is 1. The first-order chi connectivity index (χ1) is 14.1. The number of ether oxygens (including phenoxy) is 3. The van der Waals surface area contributed by atoms with Crippen LogP contribution in [-0.2, 0) is 4.79 Å². The number of benzene rings is 2. The molecule has 7 nitrogen and oxygen atoms in total. The molecule has 1 aliphatic heterocycles. The van der Waals surface area contributed by atoms with E-state index in [-0.39, 0.29) is 18.5 Å². The third kappa shape index (κ3) is 4.60. The van der Waals surface area contributed by atoms with Crippen molar-refractivity contribution in [3.05, 3.63) is 54.2 Å². The minimum atomic E-state index is -0.129. The standard InChI is InChI=1S/C21H19N3O4S/c1-13-9-20(24-21(22-13)14-3-6-16(26-2)7-4-14)29-11-19(25)23-15-5-8-17-18(10-15)28-12-27-17/h3-10H,11-12H2,1-2H3,(H,23,25). The molecule has 1 N–H and O–H groups in total. The van der Waals surface area contributed by atoms with Crippen LogP contribution in [0.4, 0.5) is 5.69 Å². The predicted octanol–water partition coefficient (Wildman–Crippen LogP) is 3.92. The van der Waals surface area contributed by atoms with Gasteiger partial charge in [-0.05, 0) is 49.4 Å². The van der Waals surface area contributed by atoms with Gasteiger partial charge in [-0.1, -0.05) is 11.8 Å². The van der Waals surface area contributed by atoms with Crippen molar-refractivity contribution in [1.29, 1.82) is 0 Å². The van der Waals surface area contributed by atoms with Crippen LogP contribution in [0.5, 0.6) is 17.2 Å². The largest absolute Gasteiger partial charge is 0.497 e. The summed E-state index contributed by atoms with van der Waals surface area (Å²) < 4.78 is 15.8. The minimum Gasteiger partial charge on any atom is -0.497 e. The number of aryl methyl sites for hydroxylation is 1. The Hall–Kier alpha value is -3.26. The molecular weight excluding hydrogens is 390 g/mol. The van der Waals surface area contributed by atoms with Crippen LogP contribution in [-0.4, -0.2) is 35.5 Å². The Labute approximate surface area is 172 Å². The summed E-state index contributed by atoms with van der Waals surface area (Å²) in [5.74, 6) is 2.80. The molecule has 0 bridgehead atoms. The third-order valence-corrected chi connectivity index (χ3v) is 5.10. The number of rotatable bonds is 6. The van der Waals surface area contributed by atoms with Gasteiger partial charge in [-0.2, -0.15) is 0 Å². The molecule has 4 rings (SSSR count). The van der Waals surface area contributed by atoms with Crippen molar-refractivity contribution in [3.8, 4) is 28.6 Å². The van der Waals surface area contributed by atoms with Crippen molar-refractivity contribution < 1.29 is 19.0 Å². The summed E-state index contributed by atoms with van der Waals surface area (Å²) in [7, 11) is 1.63. The molecule has 2 heterocycles. The van der Waals surface area contributed by atoms with Gasteiger partial charge in [0.2, 0.25) is 12.7 Å². The van der Waals surface area contributed by atoms with E-state index in [1.807, 2.05) is 37.3 Å². The second kappa shape index (κ2) is 8.40. The van der Waals surface area contributed by atoms with Gasteiger partial charge in [-0.15, -0.1) is 0 Å². The highest BCUT2D eigenvalue weighted by atomic mass is 32.2. The van der Waals surface area contributed by atoms with Crippen LogP contribution < -0.4 is 19.5 Å². The SMILES string of the molecule is COc1ccc(-c2nc(C)cc(SCC(=O)Nc3ccc4c(c3)OCO4)n2)cc1. The fourth-order valence-electron chi connectivity index (χ4n) is 2.79. The van der Waals surface area contributed by atoms with Gasteiger partial charge < -0.3 is 19.5 Å². The number of methoxy groups -OCH3 is 1. The van der Waals surface area contributed by atoms with Crippen LogP contribution in [0.15, 0.2) is 53.6 Å². The van der Waals surface area contributed by atoms with Crippen molar-refractivity contribution in [2.45, 2.75) is 11.9 Å². The Balaban J connectivity index is 1.41. The number of nitrogens with one attached hydrogen (secondary N) is 1. The average Bonchev–Trinajstić information content (AvgIpc) is 3.20. The molecular formula is C21H19N3O4S. The number of fused-ring (bicyclic) bond motifs is 1. The van der Waals surface area contributed by atoms with Crippen LogP contribution in [0.2, 0.25) is 0 Å². The lowest BCUT2D eigenvalue weighted by molar-refractivity contribution is -0.113. The zero-order chi connectivity index (χ0) is 20.2. The Kier molecular flexibility index (Phi) is 5.53. The molecule has 3 aromatic rings. The Morgan fingerprint density at radius 2 is 1.90 bits per heavy atom. The second-order valence-corrected chi connectivity index (χ2v) is 7.30. The lowest BCUT2D eigenvalue weighted by Gasteiger charge is -2.08. The van der Waals surface area contributed by atoms with E-state index in [9.17, 15) is 4.79 Å². The van der Waals surface area contributed by atoms with Gasteiger partial charge in [0, 0.05) is 23.0 Å². The zero-order valence-corrected chi connectivity index (χ0v) is 16.8. The predicted molar refractivity (Wildman–Crippen MR) is 111 cm³/mol. The number of aromatic nitrogens is 2. The normalized spacial score (nSPS) is 11.9. The number of carbonyl (C=O) groups excluding carboxylic acids is 1. The number of thioether (sulfide) groups is 1. The first-order valence-corrected chi connectivity index (χ1v) is 9.92. The maximum absolute atomic E-state index is 12.3. The second-order valence-electron chi connectivity index (χ2n) is 6.30. The van der Waals surface area contributed by atoms with Gasteiger partial charge >= 0.3 is 0 Å². The first kappa shape index (κ1) is 19.1. The van der Waals surface area contributed by atoms with Crippen LogP contribution >= 0.6 is 11.8 Å². The summed E-state index contributed by atoms with van der Waals surface area (Å²) in [6.07, 6.45) is 0. The highest BCUT2D eigenvalue weighted by Crippen LogP contribution is 2.34. The van der Waals surface area contributed by atoms with Crippen molar-refractivity contribution in [2.75, 3.05) is 25.0 Å². The molecule has 1 aromatic heterocycles. The maximum atomic E-state index is 12.3. The molecule has 29 heavy (non-hydrogen) atoms. The fraction of sp³-hybridized carbons (Fsp3) is 0.190. The molecule has 8 heteroatoms. The topological polar surface area (TPSA) is 82.6 Å². The summed E-state index contributed by atoms with van der Waals surface area (Å²) >= 11 is 1.36. The van der Waals surface area contributed by atoms with Crippen molar-refractivity contribution in [3.63, 3.8) is 0 Å². The Morgan fingerprint density at radius 3 is 2.69 bits per heavy atom. The zero-order valence-electron chi connectivity index (χ0n) is 16.0. The Morgan fingerprint density at radius 1 is 1.10 bits per heavy atom. The average molecular weight is 409 g/mol. The van der Waals surface area contributed by atoms with E-state index in [4.69, 9.17) is 14.2 Å². The summed E-state index contributed by atoms with van der Waals surface area (Å²) in [5.41, 5.74) is 2.39. The van der Waals surface area contributed by atoms with Crippen LogP contribution in [0.25, 0.3) is 11.4 Å². The van der Waals surface area contributed by atoms with E-state index in [2.05, 4.69) is 15.3 Å². The monoisotopic (exact) mass is 409 g/mol. The fourth-order valence-corrected chi connectivity index (χ4v) is 3.55. The van der Waals surface area contributed by atoms with Crippen molar-refractivity contribution >= 4 is 23.4 Å². The number of hydrogen-bond donors (Lipinski definition) is 1. The summed E-state index contributed by atoms with van der Waals surface area (Å²) in [6, 6.07) is 14.7. The van der Waals surface area contributed by atoms with Gasteiger partial charge in [0.1, 0.15) is 10.8 Å². The molecule has 0 radical (unpaired) electrons. The van der Waals surface area contributed by atoms with Gasteiger partial charge in [0.15, 0.2) is 17.3 Å². The lowest BCUT2D eigenvalue weighted by atomic mass is 10.2. The molecule has 0 atom stereocenters. The third-order valence-electron chi connectivity index (χ3n) is 4.19. The number of amides is 1.